The molecule has 2 aromatic carbocycles. The Morgan fingerprint density at radius 3 is 2.81 bits per heavy atom. The van der Waals surface area contributed by atoms with Crippen molar-refractivity contribution in [3.8, 4) is 11.5 Å². The Bertz CT molecular complexity index is 1330. The van der Waals surface area contributed by atoms with Gasteiger partial charge < -0.3 is 24.9 Å². The molecule has 0 bridgehead atoms. The van der Waals surface area contributed by atoms with Gasteiger partial charge in [0.05, 0.1) is 6.61 Å². The highest BCUT2D eigenvalue weighted by molar-refractivity contribution is 6.05. The van der Waals surface area contributed by atoms with Crippen LogP contribution in [0.5, 0.6) is 11.5 Å². The van der Waals surface area contributed by atoms with Crippen LogP contribution in [0.15, 0.2) is 57.3 Å². The van der Waals surface area contributed by atoms with Gasteiger partial charge in [0, 0.05) is 22.6 Å². The number of phenols is 1. The van der Waals surface area contributed by atoms with E-state index in [4.69, 9.17) is 9.15 Å². The number of aromatic hydroxyl groups is 1. The smallest absolute Gasteiger partial charge is 0.360 e. The Morgan fingerprint density at radius 2 is 2.06 bits per heavy atom. The van der Waals surface area contributed by atoms with Crippen molar-refractivity contribution in [1.29, 1.82) is 0 Å². The van der Waals surface area contributed by atoms with E-state index >= 15 is 0 Å². The van der Waals surface area contributed by atoms with Crippen LogP contribution in [0.1, 0.15) is 61.0 Å². The van der Waals surface area contributed by atoms with E-state index in [1.165, 1.54) is 31.4 Å². The van der Waals surface area contributed by atoms with Gasteiger partial charge in [-0.05, 0) is 95.0 Å². The molecule has 0 saturated carbocycles. The fourth-order valence-electron chi connectivity index (χ4n) is 4.43. The number of rotatable bonds is 8. The van der Waals surface area contributed by atoms with Gasteiger partial charge in [-0.3, -0.25) is 4.79 Å². The van der Waals surface area contributed by atoms with Crippen molar-refractivity contribution in [1.82, 2.24) is 5.32 Å². The van der Waals surface area contributed by atoms with Gasteiger partial charge in [0.15, 0.2) is 0 Å². The summed E-state index contributed by atoms with van der Waals surface area (Å²) >= 11 is 0. The van der Waals surface area contributed by atoms with E-state index in [-0.39, 0.29) is 11.4 Å². The molecular weight excluding hydrogens is 456 g/mol. The van der Waals surface area contributed by atoms with E-state index in [1.54, 1.807) is 12.1 Å². The predicted octanol–water partition coefficient (Wildman–Crippen LogP) is 5.48. The molecule has 0 spiro atoms. The van der Waals surface area contributed by atoms with Crippen molar-refractivity contribution < 1.29 is 19.1 Å². The molecule has 1 aliphatic heterocycles. The van der Waals surface area contributed by atoms with Gasteiger partial charge in [0.2, 0.25) is 0 Å². The highest BCUT2D eigenvalue weighted by Crippen LogP contribution is 2.28. The van der Waals surface area contributed by atoms with Gasteiger partial charge in [0.1, 0.15) is 22.8 Å². The summed E-state index contributed by atoms with van der Waals surface area (Å²) < 4.78 is 11.6. The summed E-state index contributed by atoms with van der Waals surface area (Å²) in [6.45, 7) is 7.46. The molecule has 7 nitrogen and oxygen atoms in total. The molecule has 1 unspecified atom stereocenters. The normalized spacial score (nSPS) is 15.5. The Hall–Kier alpha value is -3.58. The minimum Gasteiger partial charge on any atom is -0.508 e. The predicted molar refractivity (Wildman–Crippen MR) is 142 cm³/mol. The summed E-state index contributed by atoms with van der Waals surface area (Å²) in [4.78, 5) is 25.6. The SMILES string of the molecule is CC(C)=CCc1cc(C(=O)Nc2cc3ccc(OCCC4CCCCN4)c(C)c3oc2=O)ccc1O. The van der Waals surface area contributed by atoms with Crippen LogP contribution < -0.4 is 21.0 Å². The van der Waals surface area contributed by atoms with E-state index in [1.807, 2.05) is 39.0 Å². The first-order chi connectivity index (χ1) is 17.3. The first-order valence-electron chi connectivity index (χ1n) is 12.5. The standard InChI is InChI=1S/C29H34N2O5/c1-18(2)7-8-20-16-22(9-11-25(20)32)28(33)31-24-17-21-10-12-26(19(3)27(21)36-29(24)34)35-15-13-23-6-4-5-14-30-23/h7,9-12,16-17,23,30,32H,4-6,8,13-15H2,1-3H3,(H,31,33). The molecule has 0 radical (unpaired) electrons. The van der Waals surface area contributed by atoms with Crippen molar-refractivity contribution in [2.75, 3.05) is 18.5 Å². The average molecular weight is 491 g/mol. The first-order valence-corrected chi connectivity index (χ1v) is 12.5. The van der Waals surface area contributed by atoms with Crippen molar-refractivity contribution in [2.24, 2.45) is 0 Å². The molecule has 1 fully saturated rings. The summed E-state index contributed by atoms with van der Waals surface area (Å²) in [6.07, 6.45) is 7.07. The van der Waals surface area contributed by atoms with Crippen molar-refractivity contribution in [3.63, 3.8) is 0 Å². The third-order valence-corrected chi connectivity index (χ3v) is 6.56. The number of ether oxygens (including phenoxy) is 1. The first kappa shape index (κ1) is 25.5. The topological polar surface area (TPSA) is 101 Å². The molecule has 1 amide bonds. The van der Waals surface area contributed by atoms with E-state index in [2.05, 4.69) is 10.6 Å². The zero-order valence-electron chi connectivity index (χ0n) is 21.1. The summed E-state index contributed by atoms with van der Waals surface area (Å²) in [5.41, 5.74) is 2.71. The molecule has 4 rings (SSSR count). The number of amides is 1. The molecular formula is C29H34N2O5. The molecule has 1 aliphatic rings. The zero-order chi connectivity index (χ0) is 25.7. The number of allylic oxidation sites excluding steroid dienone is 2. The van der Waals surface area contributed by atoms with Crippen LogP contribution in [0.25, 0.3) is 11.0 Å². The quantitative estimate of drug-likeness (QED) is 0.286. The molecule has 0 aliphatic carbocycles. The number of hydrogen-bond acceptors (Lipinski definition) is 6. The monoisotopic (exact) mass is 490 g/mol. The summed E-state index contributed by atoms with van der Waals surface area (Å²) in [5.74, 6) is 0.358. The average Bonchev–Trinajstić information content (AvgIpc) is 2.86. The molecule has 36 heavy (non-hydrogen) atoms. The van der Waals surface area contributed by atoms with Crippen LogP contribution in [-0.2, 0) is 6.42 Å². The minimum atomic E-state index is -0.633. The molecule has 1 aromatic heterocycles. The Labute approximate surface area is 211 Å². The Morgan fingerprint density at radius 1 is 1.22 bits per heavy atom. The van der Waals surface area contributed by atoms with Gasteiger partial charge in [-0.1, -0.05) is 18.1 Å². The van der Waals surface area contributed by atoms with Gasteiger partial charge in [-0.2, -0.15) is 0 Å². The van der Waals surface area contributed by atoms with Crippen molar-refractivity contribution in [2.45, 2.75) is 58.9 Å². The second-order valence-electron chi connectivity index (χ2n) is 9.62. The molecule has 2 heterocycles. The Balaban J connectivity index is 1.48. The summed E-state index contributed by atoms with van der Waals surface area (Å²) in [7, 11) is 0. The number of piperidine rings is 1. The maximum atomic E-state index is 12.9. The van der Waals surface area contributed by atoms with Crippen LogP contribution in [-0.4, -0.2) is 30.2 Å². The second-order valence-corrected chi connectivity index (χ2v) is 9.62. The van der Waals surface area contributed by atoms with Gasteiger partial charge >= 0.3 is 5.63 Å². The zero-order valence-corrected chi connectivity index (χ0v) is 21.1. The lowest BCUT2D eigenvalue weighted by Gasteiger charge is -2.23. The molecule has 3 aromatic rings. The van der Waals surface area contributed by atoms with E-state index in [9.17, 15) is 14.7 Å². The van der Waals surface area contributed by atoms with E-state index in [0.717, 1.165) is 24.1 Å². The number of hydrogen-bond donors (Lipinski definition) is 3. The maximum absolute atomic E-state index is 12.9. The number of benzene rings is 2. The molecule has 1 saturated heterocycles. The fraction of sp³-hybridized carbons (Fsp3) is 0.379. The summed E-state index contributed by atoms with van der Waals surface area (Å²) in [6, 6.07) is 10.4. The fourth-order valence-corrected chi connectivity index (χ4v) is 4.43. The van der Waals surface area contributed by atoms with Crippen LogP contribution in [0, 0.1) is 6.92 Å². The van der Waals surface area contributed by atoms with Crippen LogP contribution in [0.4, 0.5) is 5.69 Å². The lowest BCUT2D eigenvalue weighted by atomic mass is 10.0. The largest absolute Gasteiger partial charge is 0.508 e. The maximum Gasteiger partial charge on any atom is 0.360 e. The lowest BCUT2D eigenvalue weighted by Crippen LogP contribution is -2.35. The highest BCUT2D eigenvalue weighted by atomic mass is 16.5. The van der Waals surface area contributed by atoms with Crippen LogP contribution in [0.3, 0.4) is 0 Å². The number of aryl methyl sites for hydroxylation is 1. The lowest BCUT2D eigenvalue weighted by molar-refractivity contribution is 0.102. The molecule has 1 atom stereocenters. The van der Waals surface area contributed by atoms with E-state index in [0.29, 0.717) is 46.9 Å². The van der Waals surface area contributed by atoms with Crippen molar-refractivity contribution >= 4 is 22.6 Å². The molecule has 190 valence electrons. The number of carbonyl (C=O) groups is 1. The van der Waals surface area contributed by atoms with Gasteiger partial charge in [-0.25, -0.2) is 4.79 Å². The minimum absolute atomic E-state index is 0.0582. The number of phenolic OH excluding ortho intramolecular Hbond substituents is 1. The third-order valence-electron chi connectivity index (χ3n) is 6.56. The van der Waals surface area contributed by atoms with Crippen LogP contribution >= 0.6 is 0 Å². The summed E-state index contributed by atoms with van der Waals surface area (Å²) in [5, 5.41) is 17.0. The van der Waals surface area contributed by atoms with Crippen molar-refractivity contribution in [3.05, 3.63) is 75.2 Å². The third kappa shape index (κ3) is 6.15. The van der Waals surface area contributed by atoms with E-state index < -0.39 is 11.5 Å². The number of anilines is 1. The number of carbonyl (C=O) groups excluding carboxylic acids is 1. The van der Waals surface area contributed by atoms with Gasteiger partial charge in [-0.15, -0.1) is 0 Å². The number of fused-ring (bicyclic) bond motifs is 1. The Kier molecular flexibility index (Phi) is 8.10. The highest BCUT2D eigenvalue weighted by Gasteiger charge is 2.16. The molecule has 3 N–H and O–H groups in total. The van der Waals surface area contributed by atoms with Gasteiger partial charge in [0.25, 0.3) is 5.91 Å². The molecule has 7 heteroatoms. The van der Waals surface area contributed by atoms with Crippen LogP contribution in [0.2, 0.25) is 0 Å². The number of nitrogens with one attached hydrogen (secondary N) is 2. The second kappa shape index (κ2) is 11.4.